The van der Waals surface area contributed by atoms with Gasteiger partial charge in [0, 0.05) is 19.2 Å². The summed E-state index contributed by atoms with van der Waals surface area (Å²) in [4.78, 5) is 18.8. The van der Waals surface area contributed by atoms with Gasteiger partial charge in [0.25, 0.3) is 6.43 Å². The Morgan fingerprint density at radius 2 is 1.95 bits per heavy atom. The van der Waals surface area contributed by atoms with Gasteiger partial charge in [-0.1, -0.05) is 6.07 Å². The highest BCUT2D eigenvalue weighted by atomic mass is 19.3. The molecule has 13 nitrogen and oxygen atoms in total. The normalized spacial score (nSPS) is 13.6. The highest BCUT2D eigenvalue weighted by Gasteiger charge is 2.25. The summed E-state index contributed by atoms with van der Waals surface area (Å²) in [6.07, 6.45) is -1.45. The van der Waals surface area contributed by atoms with E-state index in [1.807, 2.05) is 11.0 Å². The number of anilines is 5. The van der Waals surface area contributed by atoms with Crippen LogP contribution in [0.15, 0.2) is 42.6 Å². The number of ether oxygens (including phenoxy) is 1. The molecule has 1 aliphatic rings. The number of fused-ring (bicyclic) bond motifs is 1. The molecule has 0 amide bonds. The van der Waals surface area contributed by atoms with Crippen molar-refractivity contribution >= 4 is 39.9 Å². The first kappa shape index (κ1) is 24.4. The first-order chi connectivity index (χ1) is 18.9. The van der Waals surface area contributed by atoms with E-state index in [0.717, 1.165) is 5.69 Å². The molecule has 5 heterocycles. The van der Waals surface area contributed by atoms with Crippen molar-refractivity contribution in [3.63, 3.8) is 0 Å². The molecule has 15 heteroatoms. The van der Waals surface area contributed by atoms with E-state index in [9.17, 15) is 13.9 Å². The lowest BCUT2D eigenvalue weighted by Gasteiger charge is -2.37. The molecule has 1 aromatic carbocycles. The lowest BCUT2D eigenvalue weighted by molar-refractivity contribution is 0.141. The molecule has 1 aliphatic heterocycles. The van der Waals surface area contributed by atoms with E-state index in [1.54, 1.807) is 43.6 Å². The highest BCUT2D eigenvalue weighted by Crippen LogP contribution is 2.38. The third kappa shape index (κ3) is 4.74. The predicted octanol–water partition coefficient (Wildman–Crippen LogP) is 3.16. The third-order valence-corrected chi connectivity index (χ3v) is 6.16. The molecular formula is C24H23F2N11O2. The number of alkyl halides is 2. The number of pyridine rings is 2. The first-order valence-corrected chi connectivity index (χ1v) is 11.9. The molecule has 0 unspecified atom stereocenters. The number of para-hydroxylation sites is 1. The number of benzene rings is 1. The Morgan fingerprint density at radius 1 is 1.10 bits per heavy atom. The van der Waals surface area contributed by atoms with E-state index in [0.29, 0.717) is 58.8 Å². The van der Waals surface area contributed by atoms with Gasteiger partial charge in [-0.15, -0.1) is 10.2 Å². The molecule has 0 atom stereocenters. The van der Waals surface area contributed by atoms with Crippen molar-refractivity contribution in [3.8, 4) is 17.1 Å². The van der Waals surface area contributed by atoms with Crippen LogP contribution in [0, 0.1) is 0 Å². The summed E-state index contributed by atoms with van der Waals surface area (Å²) in [5.41, 5.74) is 2.82. The molecule has 0 saturated carbocycles. The van der Waals surface area contributed by atoms with Crippen LogP contribution in [-0.2, 0) is 7.05 Å². The minimum absolute atomic E-state index is 0.0923. The van der Waals surface area contributed by atoms with Crippen molar-refractivity contribution in [1.82, 2.24) is 40.1 Å². The summed E-state index contributed by atoms with van der Waals surface area (Å²) in [6, 6.07) is 10.7. The second kappa shape index (κ2) is 9.75. The number of tetrazole rings is 1. The zero-order valence-corrected chi connectivity index (χ0v) is 20.8. The molecule has 0 bridgehead atoms. The van der Waals surface area contributed by atoms with Crippen molar-refractivity contribution in [2.45, 2.75) is 12.5 Å². The third-order valence-electron chi connectivity index (χ3n) is 6.16. The number of aromatic amines is 1. The number of aryl methyl sites for hydroxylation is 1. The quantitative estimate of drug-likeness (QED) is 0.232. The van der Waals surface area contributed by atoms with E-state index in [-0.39, 0.29) is 11.8 Å². The number of hydrogen-bond acceptors (Lipinski definition) is 11. The van der Waals surface area contributed by atoms with Crippen molar-refractivity contribution in [2.75, 3.05) is 35.7 Å². The number of nitrogens with zero attached hydrogens (tertiary/aromatic N) is 8. The SMILES string of the molecule is COc1c(Nc2cc(Nc3ccc(N4CC(O)C4)cn3)nc3nc(C(F)F)[nH]c23)cccc1-c1nnn(C)n1. The number of aliphatic hydroxyl groups is 1. The zero-order valence-electron chi connectivity index (χ0n) is 20.8. The summed E-state index contributed by atoms with van der Waals surface area (Å²) < 4.78 is 32.7. The molecule has 39 heavy (non-hydrogen) atoms. The maximum Gasteiger partial charge on any atom is 0.295 e. The number of aromatic nitrogens is 8. The molecule has 5 aromatic rings. The van der Waals surface area contributed by atoms with Gasteiger partial charge in [-0.05, 0) is 29.5 Å². The number of imidazole rings is 1. The van der Waals surface area contributed by atoms with Crippen LogP contribution in [0.1, 0.15) is 12.2 Å². The fourth-order valence-electron chi connectivity index (χ4n) is 4.28. The monoisotopic (exact) mass is 535 g/mol. The lowest BCUT2D eigenvalue weighted by Crippen LogP contribution is -2.50. The van der Waals surface area contributed by atoms with Gasteiger partial charge in [-0.2, -0.15) is 4.80 Å². The van der Waals surface area contributed by atoms with Crippen molar-refractivity contribution in [2.24, 2.45) is 7.05 Å². The van der Waals surface area contributed by atoms with E-state index in [2.05, 4.69) is 46.0 Å². The fraction of sp³-hybridized carbons (Fsp3) is 0.250. The second-order valence-corrected chi connectivity index (χ2v) is 8.88. The first-order valence-electron chi connectivity index (χ1n) is 11.9. The lowest BCUT2D eigenvalue weighted by atomic mass is 10.1. The zero-order chi connectivity index (χ0) is 27.1. The molecule has 0 aliphatic carbocycles. The molecule has 200 valence electrons. The summed E-state index contributed by atoms with van der Waals surface area (Å²) in [5, 5.41) is 28.1. The highest BCUT2D eigenvalue weighted by molar-refractivity contribution is 5.92. The number of nitrogens with one attached hydrogen (secondary N) is 3. The molecule has 0 radical (unpaired) electrons. The van der Waals surface area contributed by atoms with Gasteiger partial charge in [-0.25, -0.2) is 23.7 Å². The minimum Gasteiger partial charge on any atom is -0.494 e. The summed E-state index contributed by atoms with van der Waals surface area (Å²) in [7, 11) is 3.17. The fourth-order valence-corrected chi connectivity index (χ4v) is 4.28. The van der Waals surface area contributed by atoms with Gasteiger partial charge in [-0.3, -0.25) is 0 Å². The van der Waals surface area contributed by atoms with Crippen LogP contribution in [0.25, 0.3) is 22.6 Å². The van der Waals surface area contributed by atoms with Crippen LogP contribution in [0.2, 0.25) is 0 Å². The molecule has 1 saturated heterocycles. The standard InChI is InChI=1S/C24H23F2N11O2/c1-36-34-22(33-35-36)14-4-3-5-15(20(14)39-2)28-16-8-18(30-23-19(16)31-24(32-23)21(25)26)29-17-7-6-12(9-27-17)37-10-13(38)11-37/h3-9,13,21,38H,10-11H2,1-2H3,(H3,27,28,29,30,31,32). The molecule has 4 N–H and O–H groups in total. The average Bonchev–Trinajstić information content (AvgIpc) is 3.54. The molecule has 1 fully saturated rings. The second-order valence-electron chi connectivity index (χ2n) is 8.88. The van der Waals surface area contributed by atoms with Gasteiger partial charge < -0.3 is 30.4 Å². The minimum atomic E-state index is -2.81. The van der Waals surface area contributed by atoms with Crippen LogP contribution >= 0.6 is 0 Å². The van der Waals surface area contributed by atoms with E-state index in [1.165, 1.54) is 11.9 Å². The number of β-amino-alcohol motifs (C(OH)–C–C–N with tert-alkyl or cyclic N) is 1. The molecule has 4 aromatic heterocycles. The van der Waals surface area contributed by atoms with Crippen molar-refractivity contribution in [1.29, 1.82) is 0 Å². The Bertz CT molecular complexity index is 1630. The molecule has 0 spiro atoms. The Hall–Kier alpha value is -4.92. The predicted molar refractivity (Wildman–Crippen MR) is 139 cm³/mol. The van der Waals surface area contributed by atoms with Gasteiger partial charge in [0.1, 0.15) is 17.2 Å². The number of hydrogen-bond donors (Lipinski definition) is 4. The Labute approximate surface area is 219 Å². The maximum atomic E-state index is 13.5. The number of halogens is 2. The smallest absolute Gasteiger partial charge is 0.295 e. The van der Waals surface area contributed by atoms with Crippen LogP contribution < -0.4 is 20.3 Å². The summed E-state index contributed by atoms with van der Waals surface area (Å²) in [6.45, 7) is 1.12. The number of rotatable bonds is 8. The van der Waals surface area contributed by atoms with Crippen LogP contribution in [-0.4, -0.2) is 71.6 Å². The number of H-pyrrole nitrogens is 1. The average molecular weight is 536 g/mol. The van der Waals surface area contributed by atoms with Gasteiger partial charge in [0.05, 0.1) is 49.1 Å². The van der Waals surface area contributed by atoms with Crippen LogP contribution in [0.5, 0.6) is 5.75 Å². The van der Waals surface area contributed by atoms with Crippen molar-refractivity contribution < 1.29 is 18.6 Å². The largest absolute Gasteiger partial charge is 0.494 e. The topological polar surface area (TPSA) is 155 Å². The molecule has 6 rings (SSSR count). The Morgan fingerprint density at radius 3 is 2.62 bits per heavy atom. The Kier molecular flexibility index (Phi) is 6.11. The van der Waals surface area contributed by atoms with Crippen molar-refractivity contribution in [3.05, 3.63) is 48.4 Å². The maximum absolute atomic E-state index is 13.5. The van der Waals surface area contributed by atoms with Crippen LogP contribution in [0.3, 0.4) is 0 Å². The summed E-state index contributed by atoms with van der Waals surface area (Å²) >= 11 is 0. The number of methoxy groups -OCH3 is 1. The molecular weight excluding hydrogens is 512 g/mol. The number of aliphatic hydroxyl groups excluding tert-OH is 1. The van der Waals surface area contributed by atoms with E-state index < -0.39 is 12.2 Å². The van der Waals surface area contributed by atoms with E-state index in [4.69, 9.17) is 4.74 Å². The summed E-state index contributed by atoms with van der Waals surface area (Å²) in [5.74, 6) is 1.13. The van der Waals surface area contributed by atoms with E-state index >= 15 is 0 Å². The van der Waals surface area contributed by atoms with Gasteiger partial charge in [0.15, 0.2) is 17.2 Å². The Balaban J connectivity index is 1.35. The van der Waals surface area contributed by atoms with Gasteiger partial charge in [0.2, 0.25) is 5.82 Å². The van der Waals surface area contributed by atoms with Gasteiger partial charge >= 0.3 is 0 Å². The van der Waals surface area contributed by atoms with Crippen LogP contribution in [0.4, 0.5) is 37.5 Å².